The lowest BCUT2D eigenvalue weighted by atomic mass is 10.0. The molecule has 6 heteroatoms. The molecule has 1 saturated heterocycles. The summed E-state index contributed by atoms with van der Waals surface area (Å²) >= 11 is 0. The molecule has 0 radical (unpaired) electrons. The topological polar surface area (TPSA) is 62.2 Å². The Balaban J connectivity index is 1.62. The molecule has 1 fully saturated rings. The van der Waals surface area contributed by atoms with Crippen LogP contribution >= 0.6 is 0 Å². The minimum Gasteiger partial charge on any atom is -0.337 e. The highest BCUT2D eigenvalue weighted by molar-refractivity contribution is 5.73. The van der Waals surface area contributed by atoms with Crippen LogP contribution in [0.1, 0.15) is 38.2 Å². The van der Waals surface area contributed by atoms with Crippen molar-refractivity contribution in [2.24, 2.45) is 7.05 Å². The second-order valence-electron chi connectivity index (χ2n) is 5.73. The predicted molar refractivity (Wildman–Crippen MR) is 82.9 cm³/mol. The summed E-state index contributed by atoms with van der Waals surface area (Å²) in [4.78, 5) is 14.3. The molecule has 1 aromatic rings. The van der Waals surface area contributed by atoms with E-state index in [0.29, 0.717) is 19.1 Å². The molecule has 2 heterocycles. The normalized spacial score (nSPS) is 19.4. The molecular formula is C15H27N5O. The van der Waals surface area contributed by atoms with Gasteiger partial charge in [0.2, 0.25) is 0 Å². The summed E-state index contributed by atoms with van der Waals surface area (Å²) in [5, 5.41) is 9.86. The number of rotatable bonds is 6. The number of piperidine rings is 1. The van der Waals surface area contributed by atoms with Gasteiger partial charge in [0.1, 0.15) is 0 Å². The van der Waals surface area contributed by atoms with Gasteiger partial charge in [-0.05, 0) is 25.8 Å². The molecule has 1 aliphatic heterocycles. The Bertz CT molecular complexity index is 445. The van der Waals surface area contributed by atoms with Gasteiger partial charge in [-0.1, -0.05) is 13.3 Å². The number of nitrogens with one attached hydrogen (secondary N) is 2. The van der Waals surface area contributed by atoms with Crippen molar-refractivity contribution in [1.29, 1.82) is 0 Å². The molecule has 0 bridgehead atoms. The molecule has 118 valence electrons. The number of likely N-dealkylation sites (tertiary alicyclic amines) is 1. The lowest BCUT2D eigenvalue weighted by Crippen LogP contribution is -2.45. The van der Waals surface area contributed by atoms with E-state index in [1.54, 1.807) is 10.9 Å². The Morgan fingerprint density at radius 3 is 3.00 bits per heavy atom. The summed E-state index contributed by atoms with van der Waals surface area (Å²) < 4.78 is 1.73. The highest BCUT2D eigenvalue weighted by Crippen LogP contribution is 2.18. The maximum atomic E-state index is 11.7. The summed E-state index contributed by atoms with van der Waals surface area (Å²) in [7, 11) is 1.87. The first-order valence-corrected chi connectivity index (χ1v) is 7.92. The zero-order valence-corrected chi connectivity index (χ0v) is 13.1. The Labute approximate surface area is 126 Å². The molecule has 0 unspecified atom stereocenters. The first-order valence-electron chi connectivity index (χ1n) is 7.92. The van der Waals surface area contributed by atoms with Crippen LogP contribution in [0.4, 0.5) is 4.79 Å². The maximum absolute atomic E-state index is 11.7. The minimum absolute atomic E-state index is 0.107. The van der Waals surface area contributed by atoms with E-state index in [0.717, 1.165) is 18.7 Å². The molecule has 0 aliphatic carbocycles. The van der Waals surface area contributed by atoms with E-state index in [1.165, 1.54) is 25.7 Å². The lowest BCUT2D eigenvalue weighted by molar-refractivity contribution is 0.145. The van der Waals surface area contributed by atoms with Gasteiger partial charge in [-0.2, -0.15) is 5.10 Å². The Morgan fingerprint density at radius 1 is 1.43 bits per heavy atom. The summed E-state index contributed by atoms with van der Waals surface area (Å²) in [6.07, 6.45) is 8.79. The van der Waals surface area contributed by atoms with Gasteiger partial charge in [0.05, 0.1) is 6.20 Å². The average molecular weight is 293 g/mol. The zero-order chi connectivity index (χ0) is 15.1. The van der Waals surface area contributed by atoms with Gasteiger partial charge in [-0.15, -0.1) is 0 Å². The quantitative estimate of drug-likeness (QED) is 0.835. The van der Waals surface area contributed by atoms with Crippen LogP contribution in [0.2, 0.25) is 0 Å². The van der Waals surface area contributed by atoms with Crippen molar-refractivity contribution in [3.8, 4) is 0 Å². The molecule has 0 aromatic carbocycles. The van der Waals surface area contributed by atoms with E-state index >= 15 is 0 Å². The standard InChI is InChI=1S/C15H27N5O/c1-3-14-6-4-5-8-20(14)9-7-16-15(21)17-10-13-11-18-19(2)12-13/h11-12,14H,3-10H2,1-2H3,(H2,16,17,21)/t14-/m0/s1. The smallest absolute Gasteiger partial charge is 0.315 e. The second kappa shape index (κ2) is 8.02. The molecule has 1 aliphatic rings. The van der Waals surface area contributed by atoms with E-state index in [1.807, 2.05) is 13.2 Å². The van der Waals surface area contributed by atoms with Gasteiger partial charge in [0, 0.05) is 44.5 Å². The average Bonchev–Trinajstić information content (AvgIpc) is 2.91. The van der Waals surface area contributed by atoms with Crippen molar-refractivity contribution in [2.45, 2.75) is 45.2 Å². The van der Waals surface area contributed by atoms with Gasteiger partial charge in [0.15, 0.2) is 0 Å². The molecule has 6 nitrogen and oxygen atoms in total. The van der Waals surface area contributed by atoms with Gasteiger partial charge in [0.25, 0.3) is 0 Å². The molecule has 2 rings (SSSR count). The minimum atomic E-state index is -0.107. The number of amides is 2. The van der Waals surface area contributed by atoms with Crippen LogP contribution in [0, 0.1) is 0 Å². The van der Waals surface area contributed by atoms with E-state index in [-0.39, 0.29) is 6.03 Å². The number of hydrogen-bond acceptors (Lipinski definition) is 3. The number of nitrogens with zero attached hydrogens (tertiary/aromatic N) is 3. The van der Waals surface area contributed by atoms with Crippen LogP contribution in [0.15, 0.2) is 12.4 Å². The molecule has 2 N–H and O–H groups in total. The van der Waals surface area contributed by atoms with Gasteiger partial charge in [-0.25, -0.2) is 4.79 Å². The van der Waals surface area contributed by atoms with Crippen LogP contribution in [0.25, 0.3) is 0 Å². The van der Waals surface area contributed by atoms with Crippen molar-refractivity contribution in [3.05, 3.63) is 18.0 Å². The summed E-state index contributed by atoms with van der Waals surface area (Å²) in [5.41, 5.74) is 1.01. The molecule has 21 heavy (non-hydrogen) atoms. The van der Waals surface area contributed by atoms with Crippen LogP contribution in [-0.2, 0) is 13.6 Å². The number of aryl methyl sites for hydroxylation is 1. The van der Waals surface area contributed by atoms with Crippen LogP contribution in [-0.4, -0.2) is 46.4 Å². The fraction of sp³-hybridized carbons (Fsp3) is 0.733. The fourth-order valence-corrected chi connectivity index (χ4v) is 2.94. The summed E-state index contributed by atoms with van der Waals surface area (Å²) in [6, 6.07) is 0.586. The molecule has 0 spiro atoms. The molecular weight excluding hydrogens is 266 g/mol. The van der Waals surface area contributed by atoms with Crippen molar-refractivity contribution < 1.29 is 4.79 Å². The number of urea groups is 1. The van der Waals surface area contributed by atoms with Crippen molar-refractivity contribution in [1.82, 2.24) is 25.3 Å². The number of hydrogen-bond donors (Lipinski definition) is 2. The number of carbonyl (C=O) groups is 1. The first-order chi connectivity index (χ1) is 10.2. The highest BCUT2D eigenvalue weighted by atomic mass is 16.2. The Morgan fingerprint density at radius 2 is 2.29 bits per heavy atom. The third-order valence-corrected chi connectivity index (χ3v) is 4.12. The Kier molecular flexibility index (Phi) is 6.04. The summed E-state index contributed by atoms with van der Waals surface area (Å²) in [5.74, 6) is 0. The van der Waals surface area contributed by atoms with Crippen LogP contribution < -0.4 is 10.6 Å². The van der Waals surface area contributed by atoms with Crippen LogP contribution in [0.3, 0.4) is 0 Å². The van der Waals surface area contributed by atoms with Gasteiger partial charge < -0.3 is 10.6 Å². The second-order valence-corrected chi connectivity index (χ2v) is 5.73. The third-order valence-electron chi connectivity index (χ3n) is 4.12. The molecule has 1 aromatic heterocycles. The fourth-order valence-electron chi connectivity index (χ4n) is 2.94. The Hall–Kier alpha value is -1.56. The molecule has 1 atom stereocenters. The predicted octanol–water partition coefficient (Wildman–Crippen LogP) is 1.48. The first kappa shape index (κ1) is 15.8. The molecule has 2 amide bonds. The largest absolute Gasteiger partial charge is 0.337 e. The summed E-state index contributed by atoms with van der Waals surface area (Å²) in [6.45, 7) is 5.57. The van der Waals surface area contributed by atoms with Crippen molar-refractivity contribution >= 4 is 6.03 Å². The lowest BCUT2D eigenvalue weighted by Gasteiger charge is -2.35. The number of aromatic nitrogens is 2. The SMILES string of the molecule is CC[C@H]1CCCCN1CCNC(=O)NCc1cnn(C)c1. The van der Waals surface area contributed by atoms with E-state index in [2.05, 4.69) is 27.6 Å². The van der Waals surface area contributed by atoms with E-state index in [9.17, 15) is 4.79 Å². The van der Waals surface area contributed by atoms with Crippen LogP contribution in [0.5, 0.6) is 0 Å². The van der Waals surface area contributed by atoms with Gasteiger partial charge in [-0.3, -0.25) is 9.58 Å². The third kappa shape index (κ3) is 5.04. The maximum Gasteiger partial charge on any atom is 0.315 e. The number of carbonyl (C=O) groups excluding carboxylic acids is 1. The highest BCUT2D eigenvalue weighted by Gasteiger charge is 2.19. The monoisotopic (exact) mass is 293 g/mol. The van der Waals surface area contributed by atoms with Crippen molar-refractivity contribution in [2.75, 3.05) is 19.6 Å². The van der Waals surface area contributed by atoms with Gasteiger partial charge >= 0.3 is 6.03 Å². The van der Waals surface area contributed by atoms with Crippen molar-refractivity contribution in [3.63, 3.8) is 0 Å². The zero-order valence-electron chi connectivity index (χ0n) is 13.1. The van der Waals surface area contributed by atoms with E-state index in [4.69, 9.17) is 0 Å². The molecule has 0 saturated carbocycles. The van der Waals surface area contributed by atoms with E-state index < -0.39 is 0 Å².